The second kappa shape index (κ2) is 6.71. The van der Waals surface area contributed by atoms with Gasteiger partial charge in [-0.05, 0) is 45.4 Å². The van der Waals surface area contributed by atoms with E-state index in [-0.39, 0.29) is 5.97 Å². The minimum Gasteiger partial charge on any atom is -0.465 e. The minimum absolute atomic E-state index is 0.319. The van der Waals surface area contributed by atoms with Crippen LogP contribution < -0.4 is 0 Å². The molecule has 0 aromatic carbocycles. The van der Waals surface area contributed by atoms with Crippen molar-refractivity contribution in [2.45, 2.75) is 51.6 Å². The van der Waals surface area contributed by atoms with E-state index < -0.39 is 0 Å². The van der Waals surface area contributed by atoms with Gasteiger partial charge in [0.25, 0.3) is 0 Å². The van der Waals surface area contributed by atoms with Crippen LogP contribution in [0, 0.1) is 0 Å². The van der Waals surface area contributed by atoms with Crippen LogP contribution in [0.25, 0.3) is 5.65 Å². The summed E-state index contributed by atoms with van der Waals surface area (Å²) in [5.74, 6) is -0.319. The molecular weight excluding hydrogens is 290 g/mol. The van der Waals surface area contributed by atoms with Crippen LogP contribution in [-0.4, -0.2) is 46.0 Å². The molecule has 0 spiro atoms. The Morgan fingerprint density at radius 3 is 2.91 bits per heavy atom. The molecule has 1 saturated heterocycles. The number of pyridine rings is 1. The molecule has 0 saturated carbocycles. The zero-order chi connectivity index (χ0) is 16.4. The molecule has 1 aliphatic rings. The van der Waals surface area contributed by atoms with Crippen molar-refractivity contribution in [2.75, 3.05) is 13.7 Å². The maximum absolute atomic E-state index is 11.6. The summed E-state index contributed by atoms with van der Waals surface area (Å²) in [4.78, 5) is 18.9. The van der Waals surface area contributed by atoms with Crippen LogP contribution in [-0.2, 0) is 11.2 Å². The number of piperidine rings is 1. The van der Waals surface area contributed by atoms with Crippen LogP contribution >= 0.6 is 0 Å². The fourth-order valence-electron chi connectivity index (χ4n) is 3.54. The third-order valence-electron chi connectivity index (χ3n) is 4.70. The molecule has 0 amide bonds. The molecule has 1 aliphatic heterocycles. The molecular formula is C18H25N3O2. The van der Waals surface area contributed by atoms with Gasteiger partial charge in [-0.15, -0.1) is 0 Å². The monoisotopic (exact) mass is 315 g/mol. The van der Waals surface area contributed by atoms with Gasteiger partial charge in [-0.2, -0.15) is 0 Å². The highest BCUT2D eigenvalue weighted by molar-refractivity contribution is 5.89. The van der Waals surface area contributed by atoms with Crippen molar-refractivity contribution < 1.29 is 9.53 Å². The lowest BCUT2D eigenvalue weighted by Gasteiger charge is -2.38. The van der Waals surface area contributed by atoms with Crippen LogP contribution in [0.5, 0.6) is 0 Å². The van der Waals surface area contributed by atoms with Crippen molar-refractivity contribution in [3.8, 4) is 0 Å². The predicted molar refractivity (Wildman–Crippen MR) is 89.7 cm³/mol. The van der Waals surface area contributed by atoms with Crippen LogP contribution in [0.15, 0.2) is 24.5 Å². The highest BCUT2D eigenvalue weighted by Gasteiger charge is 2.25. The van der Waals surface area contributed by atoms with Gasteiger partial charge in [-0.3, -0.25) is 4.90 Å². The van der Waals surface area contributed by atoms with Gasteiger partial charge in [0.15, 0.2) is 0 Å². The molecule has 23 heavy (non-hydrogen) atoms. The molecule has 3 rings (SSSR count). The Balaban J connectivity index is 1.81. The zero-order valence-corrected chi connectivity index (χ0v) is 14.2. The summed E-state index contributed by atoms with van der Waals surface area (Å²) in [6.07, 6.45) is 8.62. The molecule has 0 N–H and O–H groups in total. The first-order valence-corrected chi connectivity index (χ1v) is 8.40. The molecule has 5 nitrogen and oxygen atoms in total. The number of hydrogen-bond donors (Lipinski definition) is 0. The van der Waals surface area contributed by atoms with E-state index in [1.165, 1.54) is 32.9 Å². The van der Waals surface area contributed by atoms with Crippen molar-refractivity contribution in [1.82, 2.24) is 14.3 Å². The summed E-state index contributed by atoms with van der Waals surface area (Å²) in [7, 11) is 1.40. The lowest BCUT2D eigenvalue weighted by atomic mass is 9.97. The lowest BCUT2D eigenvalue weighted by Crippen LogP contribution is -2.45. The number of carbonyl (C=O) groups excluding carboxylic acids is 1. The minimum atomic E-state index is -0.319. The molecule has 0 radical (unpaired) electrons. The molecule has 3 heterocycles. The summed E-state index contributed by atoms with van der Waals surface area (Å²) in [6, 6.07) is 4.77. The van der Waals surface area contributed by atoms with Crippen molar-refractivity contribution in [3.63, 3.8) is 0 Å². The van der Waals surface area contributed by atoms with E-state index in [1.54, 1.807) is 12.3 Å². The Morgan fingerprint density at radius 1 is 1.35 bits per heavy atom. The largest absolute Gasteiger partial charge is 0.465 e. The zero-order valence-electron chi connectivity index (χ0n) is 14.2. The Labute approximate surface area is 137 Å². The predicted octanol–water partition coefficient (Wildman–Crippen LogP) is 2.93. The maximum atomic E-state index is 11.6. The molecule has 1 unspecified atom stereocenters. The van der Waals surface area contributed by atoms with Gasteiger partial charge in [0.05, 0.1) is 18.4 Å². The van der Waals surface area contributed by atoms with E-state index >= 15 is 0 Å². The standard InChI is InChI=1S/C18H25N3O2/c1-13(2)21-9-5-4-6-16(21)10-15-12-20-11-14(18(22)23-3)7-8-17(20)19-15/h7-8,11-13,16H,4-6,9-10H2,1-3H3. The molecule has 5 heteroatoms. The molecule has 124 valence electrons. The third-order valence-corrected chi connectivity index (χ3v) is 4.70. The Hall–Kier alpha value is -1.88. The Morgan fingerprint density at radius 2 is 2.17 bits per heavy atom. The molecule has 0 aliphatic carbocycles. The number of esters is 1. The number of fused-ring (bicyclic) bond motifs is 1. The van der Waals surface area contributed by atoms with Gasteiger partial charge < -0.3 is 9.14 Å². The van der Waals surface area contributed by atoms with Gasteiger partial charge in [0.1, 0.15) is 5.65 Å². The van der Waals surface area contributed by atoms with Crippen molar-refractivity contribution >= 4 is 11.6 Å². The first kappa shape index (κ1) is 16.0. The van der Waals surface area contributed by atoms with Gasteiger partial charge in [-0.25, -0.2) is 9.78 Å². The Bertz CT molecular complexity index is 693. The van der Waals surface area contributed by atoms with Gasteiger partial charge >= 0.3 is 5.97 Å². The number of carbonyl (C=O) groups is 1. The summed E-state index contributed by atoms with van der Waals surface area (Å²) >= 11 is 0. The summed E-state index contributed by atoms with van der Waals surface area (Å²) < 4.78 is 6.70. The topological polar surface area (TPSA) is 46.8 Å². The first-order valence-electron chi connectivity index (χ1n) is 8.40. The molecule has 1 fully saturated rings. The fraction of sp³-hybridized carbons (Fsp3) is 0.556. The maximum Gasteiger partial charge on any atom is 0.339 e. The average Bonchev–Trinajstić information content (AvgIpc) is 2.95. The summed E-state index contributed by atoms with van der Waals surface area (Å²) in [5.41, 5.74) is 2.51. The molecule has 0 bridgehead atoms. The Kier molecular flexibility index (Phi) is 4.66. The highest BCUT2D eigenvalue weighted by Crippen LogP contribution is 2.23. The van der Waals surface area contributed by atoms with E-state index in [4.69, 9.17) is 9.72 Å². The number of aromatic nitrogens is 2. The average molecular weight is 315 g/mol. The van der Waals surface area contributed by atoms with Gasteiger partial charge in [0, 0.05) is 30.9 Å². The summed E-state index contributed by atoms with van der Waals surface area (Å²) in [5, 5.41) is 0. The summed E-state index contributed by atoms with van der Waals surface area (Å²) in [6.45, 7) is 5.72. The SMILES string of the molecule is COC(=O)c1ccc2nc(CC3CCCCN3C(C)C)cn2c1. The van der Waals surface area contributed by atoms with Crippen molar-refractivity contribution in [1.29, 1.82) is 0 Å². The van der Waals surface area contributed by atoms with Crippen molar-refractivity contribution in [3.05, 3.63) is 35.8 Å². The first-order chi connectivity index (χ1) is 11.1. The molecule has 2 aromatic heterocycles. The van der Waals surface area contributed by atoms with Gasteiger partial charge in [-0.1, -0.05) is 6.42 Å². The highest BCUT2D eigenvalue weighted by atomic mass is 16.5. The van der Waals surface area contributed by atoms with Crippen LogP contribution in [0.3, 0.4) is 0 Å². The third kappa shape index (κ3) is 3.39. The van der Waals surface area contributed by atoms with E-state index in [9.17, 15) is 4.79 Å². The lowest BCUT2D eigenvalue weighted by molar-refractivity contribution is 0.0600. The normalized spacial score (nSPS) is 19.4. The van der Waals surface area contributed by atoms with Crippen LogP contribution in [0.2, 0.25) is 0 Å². The number of likely N-dealkylation sites (tertiary alicyclic amines) is 1. The van der Waals surface area contributed by atoms with E-state index in [2.05, 4.69) is 18.7 Å². The smallest absolute Gasteiger partial charge is 0.339 e. The number of nitrogens with zero attached hydrogens (tertiary/aromatic N) is 3. The number of methoxy groups -OCH3 is 1. The second-order valence-corrected chi connectivity index (χ2v) is 6.59. The second-order valence-electron chi connectivity index (χ2n) is 6.59. The van der Waals surface area contributed by atoms with E-state index in [0.717, 1.165) is 17.8 Å². The van der Waals surface area contributed by atoms with Crippen LogP contribution in [0.1, 0.15) is 49.2 Å². The number of imidazole rings is 1. The number of rotatable bonds is 4. The van der Waals surface area contributed by atoms with Crippen LogP contribution in [0.4, 0.5) is 0 Å². The fourth-order valence-corrected chi connectivity index (χ4v) is 3.54. The quantitative estimate of drug-likeness (QED) is 0.814. The number of hydrogen-bond acceptors (Lipinski definition) is 4. The molecule has 1 atom stereocenters. The number of ether oxygens (including phenoxy) is 1. The van der Waals surface area contributed by atoms with Gasteiger partial charge in [0.2, 0.25) is 0 Å². The van der Waals surface area contributed by atoms with E-state index in [0.29, 0.717) is 17.6 Å². The van der Waals surface area contributed by atoms with Crippen molar-refractivity contribution in [2.24, 2.45) is 0 Å². The molecule has 2 aromatic rings. The van der Waals surface area contributed by atoms with E-state index in [1.807, 2.05) is 16.7 Å².